The number of nitrogens with two attached hydrogens (primary N) is 1. The Hall–Kier alpha value is -1.04. The maximum absolute atomic E-state index is 5.99. The van der Waals surface area contributed by atoms with Crippen molar-refractivity contribution in [3.05, 3.63) is 56.5 Å². The molecule has 0 aliphatic heterocycles. The minimum Gasteiger partial charge on any atom is -0.496 e. The minimum atomic E-state index is -0.0832. The standard InChI is InChI=1S/C16H17Br2NO2/c1-10(19)13-8-12(17)4-6-15(13)21-9-11-3-5-16(20-2)14(18)7-11/h3-8,10H,9,19H2,1-2H3. The van der Waals surface area contributed by atoms with E-state index in [1.165, 1.54) is 0 Å². The van der Waals surface area contributed by atoms with Crippen molar-refractivity contribution < 1.29 is 9.47 Å². The molecule has 0 bridgehead atoms. The Kier molecular flexibility index (Phi) is 5.67. The number of ether oxygens (including phenoxy) is 2. The zero-order chi connectivity index (χ0) is 15.4. The normalized spacial score (nSPS) is 12.0. The van der Waals surface area contributed by atoms with Gasteiger partial charge in [0.15, 0.2) is 0 Å². The van der Waals surface area contributed by atoms with Crippen LogP contribution in [0.15, 0.2) is 45.3 Å². The Morgan fingerprint density at radius 2 is 1.81 bits per heavy atom. The highest BCUT2D eigenvalue weighted by atomic mass is 79.9. The van der Waals surface area contributed by atoms with Gasteiger partial charge in [-0.2, -0.15) is 0 Å². The van der Waals surface area contributed by atoms with Gasteiger partial charge in [0.2, 0.25) is 0 Å². The Morgan fingerprint density at radius 3 is 2.43 bits per heavy atom. The van der Waals surface area contributed by atoms with Crippen molar-refractivity contribution >= 4 is 31.9 Å². The molecule has 0 heterocycles. The van der Waals surface area contributed by atoms with Gasteiger partial charge in [-0.15, -0.1) is 0 Å². The molecule has 0 fully saturated rings. The molecule has 1 atom stereocenters. The van der Waals surface area contributed by atoms with E-state index in [2.05, 4.69) is 31.9 Å². The van der Waals surface area contributed by atoms with E-state index in [0.29, 0.717) is 6.61 Å². The third kappa shape index (κ3) is 4.22. The predicted molar refractivity (Wildman–Crippen MR) is 91.8 cm³/mol. The summed E-state index contributed by atoms with van der Waals surface area (Å²) in [4.78, 5) is 0. The van der Waals surface area contributed by atoms with Gasteiger partial charge in [0.25, 0.3) is 0 Å². The fourth-order valence-corrected chi connectivity index (χ4v) is 2.93. The molecule has 0 radical (unpaired) electrons. The van der Waals surface area contributed by atoms with Crippen LogP contribution >= 0.6 is 31.9 Å². The molecule has 0 saturated carbocycles. The summed E-state index contributed by atoms with van der Waals surface area (Å²) in [6.45, 7) is 2.42. The van der Waals surface area contributed by atoms with Crippen LogP contribution < -0.4 is 15.2 Å². The Labute approximate surface area is 141 Å². The molecule has 0 amide bonds. The van der Waals surface area contributed by atoms with Gasteiger partial charge in [0.05, 0.1) is 11.6 Å². The molecule has 2 rings (SSSR count). The second-order valence-corrected chi connectivity index (χ2v) is 6.50. The van der Waals surface area contributed by atoms with Gasteiger partial charge >= 0.3 is 0 Å². The zero-order valence-corrected chi connectivity index (χ0v) is 15.1. The number of halogens is 2. The van der Waals surface area contributed by atoms with Gasteiger partial charge in [0.1, 0.15) is 18.1 Å². The van der Waals surface area contributed by atoms with Gasteiger partial charge in [0, 0.05) is 16.1 Å². The molecule has 0 aromatic heterocycles. The molecule has 3 nitrogen and oxygen atoms in total. The maximum Gasteiger partial charge on any atom is 0.133 e. The van der Waals surface area contributed by atoms with Crippen molar-refractivity contribution in [3.63, 3.8) is 0 Å². The van der Waals surface area contributed by atoms with E-state index in [9.17, 15) is 0 Å². The first-order chi connectivity index (χ1) is 10.0. The smallest absolute Gasteiger partial charge is 0.133 e. The number of rotatable bonds is 5. The molecule has 0 spiro atoms. The largest absolute Gasteiger partial charge is 0.496 e. The molecular weight excluding hydrogens is 398 g/mol. The van der Waals surface area contributed by atoms with Crippen molar-refractivity contribution in [2.75, 3.05) is 7.11 Å². The van der Waals surface area contributed by atoms with Crippen LogP contribution in [-0.4, -0.2) is 7.11 Å². The summed E-state index contributed by atoms with van der Waals surface area (Å²) < 4.78 is 13.0. The first kappa shape index (κ1) is 16.3. The number of hydrogen-bond donors (Lipinski definition) is 1. The van der Waals surface area contributed by atoms with Gasteiger partial charge in [-0.25, -0.2) is 0 Å². The fourth-order valence-electron chi connectivity index (χ4n) is 1.97. The summed E-state index contributed by atoms with van der Waals surface area (Å²) in [7, 11) is 1.65. The summed E-state index contributed by atoms with van der Waals surface area (Å²) in [5.74, 6) is 1.61. The van der Waals surface area contributed by atoms with Crippen LogP contribution in [0.2, 0.25) is 0 Å². The molecule has 2 N–H and O–H groups in total. The lowest BCUT2D eigenvalue weighted by Gasteiger charge is -2.15. The molecule has 2 aromatic carbocycles. The van der Waals surface area contributed by atoms with Crippen molar-refractivity contribution in [2.45, 2.75) is 19.6 Å². The van der Waals surface area contributed by atoms with Crippen molar-refractivity contribution in [1.29, 1.82) is 0 Å². The number of methoxy groups -OCH3 is 1. The van der Waals surface area contributed by atoms with Gasteiger partial charge in [-0.3, -0.25) is 0 Å². The number of hydrogen-bond acceptors (Lipinski definition) is 3. The average Bonchev–Trinajstić information content (AvgIpc) is 2.46. The highest BCUT2D eigenvalue weighted by molar-refractivity contribution is 9.10. The van der Waals surface area contributed by atoms with E-state index in [1.54, 1.807) is 7.11 Å². The maximum atomic E-state index is 5.99. The second-order valence-electron chi connectivity index (χ2n) is 4.73. The molecule has 2 aromatic rings. The third-order valence-corrected chi connectivity index (χ3v) is 4.19. The van der Waals surface area contributed by atoms with Gasteiger partial charge in [-0.1, -0.05) is 22.0 Å². The van der Waals surface area contributed by atoms with Crippen molar-refractivity contribution in [1.82, 2.24) is 0 Å². The fraction of sp³-hybridized carbons (Fsp3) is 0.250. The summed E-state index contributed by atoms with van der Waals surface area (Å²) >= 11 is 6.93. The molecule has 5 heteroatoms. The van der Waals surface area contributed by atoms with Crippen LogP contribution in [-0.2, 0) is 6.61 Å². The predicted octanol–water partition coefficient (Wildman–Crippen LogP) is 4.82. The van der Waals surface area contributed by atoms with Crippen LogP contribution in [0.25, 0.3) is 0 Å². The molecular formula is C16H17Br2NO2. The lowest BCUT2D eigenvalue weighted by Crippen LogP contribution is -2.08. The lowest BCUT2D eigenvalue weighted by atomic mass is 10.1. The number of benzene rings is 2. The summed E-state index contributed by atoms with van der Waals surface area (Å²) in [6, 6.07) is 11.7. The van der Waals surface area contributed by atoms with E-state index in [4.69, 9.17) is 15.2 Å². The van der Waals surface area contributed by atoms with E-state index in [-0.39, 0.29) is 6.04 Å². The van der Waals surface area contributed by atoms with Crippen molar-refractivity contribution in [3.8, 4) is 11.5 Å². The summed E-state index contributed by atoms with van der Waals surface area (Å²) in [5, 5.41) is 0. The van der Waals surface area contributed by atoms with Gasteiger partial charge < -0.3 is 15.2 Å². The van der Waals surface area contributed by atoms with Gasteiger partial charge in [-0.05, 0) is 58.7 Å². The summed E-state index contributed by atoms with van der Waals surface area (Å²) in [5.41, 5.74) is 8.03. The topological polar surface area (TPSA) is 44.5 Å². The lowest BCUT2D eigenvalue weighted by molar-refractivity contribution is 0.301. The minimum absolute atomic E-state index is 0.0832. The second kappa shape index (κ2) is 7.29. The van der Waals surface area contributed by atoms with E-state index in [1.807, 2.05) is 43.3 Å². The SMILES string of the molecule is COc1ccc(COc2ccc(Br)cc2C(C)N)cc1Br. The molecule has 112 valence electrons. The first-order valence-corrected chi connectivity index (χ1v) is 8.10. The summed E-state index contributed by atoms with van der Waals surface area (Å²) in [6.07, 6.45) is 0. The first-order valence-electron chi connectivity index (χ1n) is 6.51. The highest BCUT2D eigenvalue weighted by Crippen LogP contribution is 2.29. The van der Waals surface area contributed by atoms with Crippen LogP contribution in [0.3, 0.4) is 0 Å². The van der Waals surface area contributed by atoms with Crippen LogP contribution in [0.4, 0.5) is 0 Å². The Balaban J connectivity index is 2.15. The molecule has 1 unspecified atom stereocenters. The Bertz CT molecular complexity index is 630. The van der Waals surface area contributed by atoms with Crippen LogP contribution in [0, 0.1) is 0 Å². The molecule has 21 heavy (non-hydrogen) atoms. The monoisotopic (exact) mass is 413 g/mol. The van der Waals surface area contributed by atoms with E-state index < -0.39 is 0 Å². The van der Waals surface area contributed by atoms with E-state index >= 15 is 0 Å². The Morgan fingerprint density at radius 1 is 1.10 bits per heavy atom. The highest BCUT2D eigenvalue weighted by Gasteiger charge is 2.09. The van der Waals surface area contributed by atoms with Crippen LogP contribution in [0.5, 0.6) is 11.5 Å². The third-order valence-electron chi connectivity index (χ3n) is 3.07. The molecule has 0 aliphatic rings. The zero-order valence-electron chi connectivity index (χ0n) is 11.9. The van der Waals surface area contributed by atoms with E-state index in [0.717, 1.165) is 31.6 Å². The van der Waals surface area contributed by atoms with Crippen molar-refractivity contribution in [2.24, 2.45) is 5.73 Å². The molecule has 0 aliphatic carbocycles. The quantitative estimate of drug-likeness (QED) is 0.762. The van der Waals surface area contributed by atoms with Crippen LogP contribution in [0.1, 0.15) is 24.1 Å². The average molecular weight is 415 g/mol. The molecule has 0 saturated heterocycles.